The summed E-state index contributed by atoms with van der Waals surface area (Å²) >= 11 is 3.42. The van der Waals surface area contributed by atoms with Crippen LogP contribution in [0.3, 0.4) is 0 Å². The maximum atomic E-state index is 11.4. The minimum Gasteiger partial charge on any atom is -0.389 e. The molecule has 0 spiro atoms. The number of benzene rings is 1. The smallest absolute Gasteiger partial charge is 0.239 e. The van der Waals surface area contributed by atoms with Crippen molar-refractivity contribution in [2.24, 2.45) is 0 Å². The number of hydrogen-bond donors (Lipinski definition) is 2. The summed E-state index contributed by atoms with van der Waals surface area (Å²) in [7, 11) is 0. The number of carbonyl (C=O) groups excluding carboxylic acids is 1. The number of anilines is 1. The number of nitrogens with zero attached hydrogens (tertiary/aromatic N) is 1. The third-order valence-electron chi connectivity index (χ3n) is 2.82. The van der Waals surface area contributed by atoms with Crippen LogP contribution < -0.4 is 10.2 Å². The fraction of sp³-hybridized carbons (Fsp3) is 0.417. The lowest BCUT2D eigenvalue weighted by atomic mass is 10.1. The molecule has 1 atom stereocenters. The van der Waals surface area contributed by atoms with Crippen LogP contribution >= 0.6 is 15.9 Å². The molecule has 1 amide bonds. The number of amides is 1. The van der Waals surface area contributed by atoms with E-state index in [-0.39, 0.29) is 5.91 Å². The normalized spacial score (nSPS) is 17.8. The number of nitrogens with one attached hydrogen (secondary N) is 1. The second-order valence-corrected chi connectivity index (χ2v) is 5.07. The predicted molar refractivity (Wildman–Crippen MR) is 70.0 cm³/mol. The van der Waals surface area contributed by atoms with Crippen LogP contribution in [0.4, 0.5) is 5.69 Å². The summed E-state index contributed by atoms with van der Waals surface area (Å²) in [4.78, 5) is 13.4. The molecule has 2 N–H and O–H groups in total. The summed E-state index contributed by atoms with van der Waals surface area (Å²) in [5.74, 6) is 0.0211. The third-order valence-corrected chi connectivity index (χ3v) is 3.31. The number of rotatable bonds is 2. The molecule has 1 heterocycles. The van der Waals surface area contributed by atoms with Gasteiger partial charge in [-0.2, -0.15) is 0 Å². The van der Waals surface area contributed by atoms with Crippen LogP contribution in [0.25, 0.3) is 0 Å². The minimum absolute atomic E-state index is 0.0211. The summed E-state index contributed by atoms with van der Waals surface area (Å²) < 4.78 is 0.947. The largest absolute Gasteiger partial charge is 0.389 e. The van der Waals surface area contributed by atoms with Gasteiger partial charge in [0.15, 0.2) is 0 Å². The zero-order valence-corrected chi connectivity index (χ0v) is 11.2. The Bertz CT molecular complexity index is 435. The van der Waals surface area contributed by atoms with Crippen molar-refractivity contribution in [1.82, 2.24) is 5.32 Å². The number of aliphatic hydroxyl groups excluding tert-OH is 1. The molecule has 5 heteroatoms. The highest BCUT2D eigenvalue weighted by Crippen LogP contribution is 2.29. The number of piperazine rings is 1. The Hall–Kier alpha value is -1.07. The van der Waals surface area contributed by atoms with Crippen molar-refractivity contribution in [2.45, 2.75) is 13.0 Å². The van der Waals surface area contributed by atoms with Crippen LogP contribution in [0.15, 0.2) is 22.7 Å². The van der Waals surface area contributed by atoms with Gasteiger partial charge in [-0.3, -0.25) is 4.79 Å². The van der Waals surface area contributed by atoms with E-state index in [9.17, 15) is 9.90 Å². The van der Waals surface area contributed by atoms with Gasteiger partial charge in [-0.1, -0.05) is 22.0 Å². The molecule has 1 saturated heterocycles. The maximum absolute atomic E-state index is 11.4. The lowest BCUT2D eigenvalue weighted by molar-refractivity contribution is -0.120. The van der Waals surface area contributed by atoms with E-state index in [0.29, 0.717) is 13.1 Å². The molecule has 1 aliphatic rings. The molecule has 0 saturated carbocycles. The standard InChI is InChI=1S/C12H15BrN2O2/c1-8(16)10-3-2-9(13)6-11(10)15-5-4-14-12(17)7-15/h2-3,6,8,16H,4-5,7H2,1H3,(H,14,17). The van der Waals surface area contributed by atoms with Crippen molar-refractivity contribution in [3.63, 3.8) is 0 Å². The third kappa shape index (κ3) is 2.79. The lowest BCUT2D eigenvalue weighted by Crippen LogP contribution is -2.48. The zero-order chi connectivity index (χ0) is 12.4. The number of halogens is 1. The first-order chi connectivity index (χ1) is 8.08. The van der Waals surface area contributed by atoms with Crippen LogP contribution in [0.1, 0.15) is 18.6 Å². The second kappa shape index (κ2) is 5.06. The first-order valence-electron chi connectivity index (χ1n) is 5.57. The highest BCUT2D eigenvalue weighted by atomic mass is 79.9. The summed E-state index contributed by atoms with van der Waals surface area (Å²) in [5.41, 5.74) is 1.77. The van der Waals surface area contributed by atoms with E-state index in [2.05, 4.69) is 21.2 Å². The molecule has 0 aliphatic carbocycles. The van der Waals surface area contributed by atoms with Crippen molar-refractivity contribution >= 4 is 27.5 Å². The molecule has 1 aliphatic heterocycles. The van der Waals surface area contributed by atoms with Gasteiger partial charge < -0.3 is 15.3 Å². The zero-order valence-electron chi connectivity index (χ0n) is 9.61. The van der Waals surface area contributed by atoms with Gasteiger partial charge in [-0.15, -0.1) is 0 Å². The van der Waals surface area contributed by atoms with Gasteiger partial charge in [0, 0.05) is 28.8 Å². The molecular formula is C12H15BrN2O2. The SMILES string of the molecule is CC(O)c1ccc(Br)cc1N1CCNC(=O)C1. The highest BCUT2D eigenvalue weighted by Gasteiger charge is 2.20. The summed E-state index contributed by atoms with van der Waals surface area (Å²) in [5, 5.41) is 12.5. The van der Waals surface area contributed by atoms with Gasteiger partial charge >= 0.3 is 0 Å². The predicted octanol–water partition coefficient (Wildman–Crippen LogP) is 1.44. The summed E-state index contributed by atoms with van der Waals surface area (Å²) in [6, 6.07) is 5.73. The van der Waals surface area contributed by atoms with E-state index in [4.69, 9.17) is 0 Å². The van der Waals surface area contributed by atoms with Crippen LogP contribution in [0.5, 0.6) is 0 Å². The number of hydrogen-bond acceptors (Lipinski definition) is 3. The maximum Gasteiger partial charge on any atom is 0.239 e. The van der Waals surface area contributed by atoms with Crippen LogP contribution in [0, 0.1) is 0 Å². The number of aliphatic hydroxyl groups is 1. The van der Waals surface area contributed by atoms with Crippen LogP contribution in [0.2, 0.25) is 0 Å². The van der Waals surface area contributed by atoms with E-state index in [1.54, 1.807) is 6.92 Å². The molecule has 2 rings (SSSR count). The van der Waals surface area contributed by atoms with E-state index >= 15 is 0 Å². The quantitative estimate of drug-likeness (QED) is 0.869. The van der Waals surface area contributed by atoms with E-state index in [0.717, 1.165) is 22.3 Å². The molecule has 0 aromatic heterocycles. The first kappa shape index (κ1) is 12.4. The fourth-order valence-electron chi connectivity index (χ4n) is 1.99. The van der Waals surface area contributed by atoms with Gasteiger partial charge in [-0.05, 0) is 19.1 Å². The monoisotopic (exact) mass is 298 g/mol. The Kier molecular flexibility index (Phi) is 3.69. The molecule has 92 valence electrons. The lowest BCUT2D eigenvalue weighted by Gasteiger charge is -2.31. The first-order valence-corrected chi connectivity index (χ1v) is 6.36. The molecule has 1 aromatic rings. The molecule has 1 fully saturated rings. The summed E-state index contributed by atoms with van der Waals surface area (Å²) in [6.07, 6.45) is -0.539. The molecular weight excluding hydrogens is 284 g/mol. The van der Waals surface area contributed by atoms with Gasteiger partial charge in [-0.25, -0.2) is 0 Å². The number of carbonyl (C=O) groups is 1. The molecule has 1 unspecified atom stereocenters. The Balaban J connectivity index is 2.35. The van der Waals surface area contributed by atoms with Crippen LogP contribution in [-0.2, 0) is 4.79 Å². The minimum atomic E-state index is -0.539. The molecule has 17 heavy (non-hydrogen) atoms. The highest BCUT2D eigenvalue weighted by molar-refractivity contribution is 9.10. The van der Waals surface area contributed by atoms with Crippen molar-refractivity contribution in [3.05, 3.63) is 28.2 Å². The van der Waals surface area contributed by atoms with Crippen molar-refractivity contribution in [2.75, 3.05) is 24.5 Å². The topological polar surface area (TPSA) is 52.6 Å². The van der Waals surface area contributed by atoms with E-state index in [1.807, 2.05) is 23.1 Å². The van der Waals surface area contributed by atoms with Gasteiger partial charge in [0.2, 0.25) is 5.91 Å². The van der Waals surface area contributed by atoms with Gasteiger partial charge in [0.05, 0.1) is 12.6 Å². The van der Waals surface area contributed by atoms with Crippen molar-refractivity contribution in [1.29, 1.82) is 0 Å². The van der Waals surface area contributed by atoms with Crippen LogP contribution in [-0.4, -0.2) is 30.6 Å². The van der Waals surface area contributed by atoms with E-state index in [1.165, 1.54) is 0 Å². The Morgan fingerprint density at radius 3 is 2.94 bits per heavy atom. The molecule has 0 radical (unpaired) electrons. The Labute approximate surface area is 109 Å². The molecule has 1 aromatic carbocycles. The average molecular weight is 299 g/mol. The molecule has 0 bridgehead atoms. The average Bonchev–Trinajstić information content (AvgIpc) is 2.28. The van der Waals surface area contributed by atoms with Crippen molar-refractivity contribution in [3.8, 4) is 0 Å². The Morgan fingerprint density at radius 1 is 1.53 bits per heavy atom. The second-order valence-electron chi connectivity index (χ2n) is 4.15. The Morgan fingerprint density at radius 2 is 2.29 bits per heavy atom. The summed E-state index contributed by atoms with van der Waals surface area (Å²) in [6.45, 7) is 3.49. The van der Waals surface area contributed by atoms with E-state index < -0.39 is 6.10 Å². The molecule has 4 nitrogen and oxygen atoms in total. The van der Waals surface area contributed by atoms with Crippen molar-refractivity contribution < 1.29 is 9.90 Å². The van der Waals surface area contributed by atoms with Gasteiger partial charge in [0.25, 0.3) is 0 Å². The fourth-order valence-corrected chi connectivity index (χ4v) is 2.34. The van der Waals surface area contributed by atoms with Gasteiger partial charge in [0.1, 0.15) is 0 Å².